The number of benzene rings is 1. The maximum absolute atomic E-state index is 12.6. The zero-order valence-electron chi connectivity index (χ0n) is 17.1. The highest BCUT2D eigenvalue weighted by molar-refractivity contribution is 5.96. The van der Waals surface area contributed by atoms with Crippen molar-refractivity contribution < 1.29 is 14.1 Å². The molecule has 1 saturated carbocycles. The van der Waals surface area contributed by atoms with Crippen LogP contribution in [0.1, 0.15) is 78.5 Å². The predicted molar refractivity (Wildman–Crippen MR) is 110 cm³/mol. The summed E-state index contributed by atoms with van der Waals surface area (Å²) in [6, 6.07) is 12.2. The third-order valence-electron chi connectivity index (χ3n) is 5.94. The molecule has 29 heavy (non-hydrogen) atoms. The number of nitrogens with zero attached hydrogens (tertiary/aromatic N) is 2. The largest absolute Gasteiger partial charge is 0.360 e. The van der Waals surface area contributed by atoms with Gasteiger partial charge in [0.25, 0.3) is 5.91 Å². The number of likely N-dealkylation sites (tertiary alicyclic amines) is 1. The van der Waals surface area contributed by atoms with Crippen LogP contribution >= 0.6 is 0 Å². The van der Waals surface area contributed by atoms with Gasteiger partial charge in [0.15, 0.2) is 11.5 Å². The van der Waals surface area contributed by atoms with Gasteiger partial charge in [-0.05, 0) is 25.7 Å². The maximum Gasteiger partial charge on any atom is 0.273 e. The monoisotopic (exact) mass is 395 g/mol. The lowest BCUT2D eigenvalue weighted by Crippen LogP contribution is -2.38. The molecule has 1 aliphatic carbocycles. The van der Waals surface area contributed by atoms with Crippen LogP contribution in [-0.4, -0.2) is 46.4 Å². The van der Waals surface area contributed by atoms with Crippen molar-refractivity contribution in [1.29, 1.82) is 0 Å². The number of hydrogen-bond donors (Lipinski definition) is 1. The van der Waals surface area contributed by atoms with Crippen LogP contribution in [0.25, 0.3) is 0 Å². The number of ketones is 1. The molecule has 6 heteroatoms. The van der Waals surface area contributed by atoms with Crippen molar-refractivity contribution in [1.82, 2.24) is 15.4 Å². The second kappa shape index (κ2) is 8.49. The number of aromatic nitrogens is 1. The van der Waals surface area contributed by atoms with Gasteiger partial charge >= 0.3 is 0 Å². The van der Waals surface area contributed by atoms with Crippen molar-refractivity contribution >= 4 is 11.7 Å². The van der Waals surface area contributed by atoms with Crippen LogP contribution in [0.15, 0.2) is 40.9 Å². The van der Waals surface area contributed by atoms with Crippen LogP contribution in [0.5, 0.6) is 0 Å². The fourth-order valence-electron chi connectivity index (χ4n) is 4.18. The van der Waals surface area contributed by atoms with Gasteiger partial charge in [-0.25, -0.2) is 0 Å². The summed E-state index contributed by atoms with van der Waals surface area (Å²) in [6.45, 7) is 4.86. The normalized spacial score (nSPS) is 22.2. The molecule has 1 amide bonds. The predicted octanol–water partition coefficient (Wildman–Crippen LogP) is 3.80. The summed E-state index contributed by atoms with van der Waals surface area (Å²) < 4.78 is 5.25. The summed E-state index contributed by atoms with van der Waals surface area (Å²) in [5.74, 6) is 0.936. The molecule has 2 aromatic rings. The van der Waals surface area contributed by atoms with Gasteiger partial charge in [-0.1, -0.05) is 49.3 Å². The van der Waals surface area contributed by atoms with Crippen molar-refractivity contribution in [2.75, 3.05) is 6.54 Å². The van der Waals surface area contributed by atoms with Crippen molar-refractivity contribution in [2.45, 2.75) is 70.0 Å². The van der Waals surface area contributed by atoms with Crippen molar-refractivity contribution in [3.8, 4) is 0 Å². The Kier molecular flexibility index (Phi) is 5.81. The first-order valence-electron chi connectivity index (χ1n) is 10.6. The number of nitrogens with one attached hydrogen (secondary N) is 1. The standard InChI is InChI=1S/C23H29N3O3/c1-15(2)22-13-20(25-29-22)23(28)24-17-12-19(26(14-17)18-8-9-18)10-11-21(27)16-6-4-3-5-7-16/h3-7,13,15,17-19H,8-12,14H2,1-2H3,(H,24,28)/t17-,19+/m0/s1. The van der Waals surface area contributed by atoms with Crippen LogP contribution in [0.2, 0.25) is 0 Å². The molecule has 2 atom stereocenters. The highest BCUT2D eigenvalue weighted by Crippen LogP contribution is 2.35. The average molecular weight is 396 g/mol. The third kappa shape index (κ3) is 4.75. The summed E-state index contributed by atoms with van der Waals surface area (Å²) in [4.78, 5) is 27.6. The van der Waals surface area contributed by atoms with E-state index >= 15 is 0 Å². The summed E-state index contributed by atoms with van der Waals surface area (Å²) in [7, 11) is 0. The highest BCUT2D eigenvalue weighted by Gasteiger charge is 2.41. The number of carbonyl (C=O) groups is 2. The minimum atomic E-state index is -0.178. The minimum absolute atomic E-state index is 0.0825. The van der Waals surface area contributed by atoms with Gasteiger partial charge < -0.3 is 9.84 Å². The lowest BCUT2D eigenvalue weighted by Gasteiger charge is -2.23. The number of rotatable bonds is 8. The lowest BCUT2D eigenvalue weighted by molar-refractivity contribution is 0.0926. The van der Waals surface area contributed by atoms with Gasteiger partial charge in [0, 0.05) is 48.6 Å². The van der Waals surface area contributed by atoms with Gasteiger partial charge in [-0.15, -0.1) is 0 Å². The minimum Gasteiger partial charge on any atom is -0.360 e. The molecule has 1 saturated heterocycles. The second-order valence-electron chi connectivity index (χ2n) is 8.58. The molecule has 1 aromatic heterocycles. The van der Waals surface area contributed by atoms with Crippen molar-refractivity contribution in [3.05, 3.63) is 53.4 Å². The molecule has 0 bridgehead atoms. The van der Waals surface area contributed by atoms with E-state index in [9.17, 15) is 9.59 Å². The first-order chi connectivity index (χ1) is 14.0. The van der Waals surface area contributed by atoms with Crippen molar-refractivity contribution in [3.63, 3.8) is 0 Å². The zero-order valence-corrected chi connectivity index (χ0v) is 17.1. The number of hydrogen-bond acceptors (Lipinski definition) is 5. The van der Waals surface area contributed by atoms with Crippen LogP contribution in [0.4, 0.5) is 0 Å². The van der Waals surface area contributed by atoms with Gasteiger partial charge in [0.2, 0.25) is 0 Å². The number of amides is 1. The fourth-order valence-corrected chi connectivity index (χ4v) is 4.18. The molecule has 4 rings (SSSR count). The van der Waals surface area contributed by atoms with Gasteiger partial charge in [-0.3, -0.25) is 14.5 Å². The van der Waals surface area contributed by atoms with Crippen LogP contribution < -0.4 is 5.32 Å². The van der Waals surface area contributed by atoms with E-state index in [0.29, 0.717) is 24.2 Å². The van der Waals surface area contributed by atoms with Crippen LogP contribution in [0, 0.1) is 0 Å². The maximum atomic E-state index is 12.6. The van der Waals surface area contributed by atoms with E-state index in [2.05, 4.69) is 15.4 Å². The summed E-state index contributed by atoms with van der Waals surface area (Å²) >= 11 is 0. The van der Waals surface area contributed by atoms with E-state index in [1.54, 1.807) is 6.07 Å². The fraction of sp³-hybridized carbons (Fsp3) is 0.522. The first kappa shape index (κ1) is 19.8. The Morgan fingerprint density at radius 2 is 2.00 bits per heavy atom. The Labute approximate surface area is 171 Å². The van der Waals surface area contributed by atoms with Crippen molar-refractivity contribution in [2.24, 2.45) is 0 Å². The zero-order chi connectivity index (χ0) is 20.4. The van der Waals surface area contributed by atoms with E-state index in [1.807, 2.05) is 44.2 Å². The van der Waals surface area contributed by atoms with Gasteiger partial charge in [0.1, 0.15) is 5.76 Å². The van der Waals surface area contributed by atoms with E-state index in [-0.39, 0.29) is 23.7 Å². The quantitative estimate of drug-likeness (QED) is 0.688. The summed E-state index contributed by atoms with van der Waals surface area (Å²) in [5.41, 5.74) is 1.12. The molecule has 1 aromatic carbocycles. The molecule has 2 aliphatic rings. The number of carbonyl (C=O) groups excluding carboxylic acids is 2. The van der Waals surface area contributed by atoms with Crippen LogP contribution in [0.3, 0.4) is 0 Å². The second-order valence-corrected chi connectivity index (χ2v) is 8.58. The topological polar surface area (TPSA) is 75.4 Å². The molecule has 1 N–H and O–H groups in total. The average Bonchev–Trinajstić information content (AvgIpc) is 3.29. The Morgan fingerprint density at radius 1 is 1.24 bits per heavy atom. The van der Waals surface area contributed by atoms with Gasteiger partial charge in [-0.2, -0.15) is 0 Å². The molecular formula is C23H29N3O3. The molecule has 1 aliphatic heterocycles. The molecule has 0 spiro atoms. The van der Waals surface area contributed by atoms with E-state index < -0.39 is 0 Å². The SMILES string of the molecule is CC(C)c1cc(C(=O)N[C@H]2C[C@@H](CCC(=O)c3ccccc3)N(C3CC3)C2)no1. The van der Waals surface area contributed by atoms with Crippen LogP contribution in [-0.2, 0) is 0 Å². The van der Waals surface area contributed by atoms with E-state index in [0.717, 1.165) is 30.7 Å². The van der Waals surface area contributed by atoms with Gasteiger partial charge in [0.05, 0.1) is 0 Å². The third-order valence-corrected chi connectivity index (χ3v) is 5.94. The molecule has 154 valence electrons. The van der Waals surface area contributed by atoms with E-state index in [4.69, 9.17) is 4.52 Å². The number of Topliss-reactive ketones (excluding diaryl/α,β-unsaturated/α-hetero) is 1. The molecule has 2 fully saturated rings. The lowest BCUT2D eigenvalue weighted by atomic mass is 10.0. The Hall–Kier alpha value is -2.47. The summed E-state index contributed by atoms with van der Waals surface area (Å²) in [5, 5.41) is 7.03. The Morgan fingerprint density at radius 3 is 2.66 bits per heavy atom. The molecule has 0 unspecified atom stereocenters. The summed E-state index contributed by atoms with van der Waals surface area (Å²) in [6.07, 6.45) is 4.67. The molecule has 2 heterocycles. The highest BCUT2D eigenvalue weighted by atomic mass is 16.5. The molecular weight excluding hydrogens is 366 g/mol. The molecule has 0 radical (unpaired) electrons. The smallest absolute Gasteiger partial charge is 0.273 e. The molecule has 6 nitrogen and oxygen atoms in total. The Bertz CT molecular complexity index is 857. The van der Waals surface area contributed by atoms with E-state index in [1.165, 1.54) is 12.8 Å². The Balaban J connectivity index is 1.34. The first-order valence-corrected chi connectivity index (χ1v) is 10.6.